The van der Waals surface area contributed by atoms with E-state index in [9.17, 15) is 0 Å². The average Bonchev–Trinajstić information content (AvgIpc) is 2.74. The molecular formula is C15H17ClN2O. The summed E-state index contributed by atoms with van der Waals surface area (Å²) in [5.74, 6) is 0.883. The summed E-state index contributed by atoms with van der Waals surface area (Å²) < 4.78 is 7.93. The van der Waals surface area contributed by atoms with Gasteiger partial charge in [-0.1, -0.05) is 12.1 Å². The summed E-state index contributed by atoms with van der Waals surface area (Å²) in [6.45, 7) is 3.53. The van der Waals surface area contributed by atoms with E-state index in [0.29, 0.717) is 11.9 Å². The van der Waals surface area contributed by atoms with Crippen molar-refractivity contribution in [2.75, 3.05) is 0 Å². The first-order valence-corrected chi connectivity index (χ1v) is 7.05. The van der Waals surface area contributed by atoms with Crippen LogP contribution in [-0.4, -0.2) is 9.55 Å². The van der Waals surface area contributed by atoms with Crippen LogP contribution in [0.1, 0.15) is 29.8 Å². The Morgan fingerprint density at radius 2 is 2.26 bits per heavy atom. The van der Waals surface area contributed by atoms with Gasteiger partial charge in [-0.3, -0.25) is 0 Å². The van der Waals surface area contributed by atoms with E-state index in [1.807, 2.05) is 18.2 Å². The number of hydrogen-bond donors (Lipinski definition) is 0. The Hall–Kier alpha value is -1.48. The second kappa shape index (κ2) is 5.25. The van der Waals surface area contributed by atoms with Crippen LogP contribution < -0.4 is 4.74 Å². The van der Waals surface area contributed by atoms with Gasteiger partial charge in [0.1, 0.15) is 18.1 Å². The Balaban J connectivity index is 1.77. The van der Waals surface area contributed by atoms with Crippen LogP contribution in [0.2, 0.25) is 5.28 Å². The molecule has 100 valence electrons. The molecule has 0 aliphatic carbocycles. The zero-order valence-corrected chi connectivity index (χ0v) is 11.8. The molecule has 1 aromatic heterocycles. The summed E-state index contributed by atoms with van der Waals surface area (Å²) in [5, 5.41) is 0.595. The maximum Gasteiger partial charge on any atom is 0.203 e. The molecule has 0 fully saturated rings. The fourth-order valence-corrected chi connectivity index (χ4v) is 2.83. The summed E-state index contributed by atoms with van der Waals surface area (Å²) in [7, 11) is 0. The molecular weight excluding hydrogens is 260 g/mol. The van der Waals surface area contributed by atoms with Gasteiger partial charge in [0.25, 0.3) is 0 Å². The molecule has 2 aromatic rings. The Morgan fingerprint density at radius 3 is 3.11 bits per heavy atom. The van der Waals surface area contributed by atoms with Crippen molar-refractivity contribution in [1.29, 1.82) is 0 Å². The van der Waals surface area contributed by atoms with E-state index < -0.39 is 0 Å². The number of imidazole rings is 1. The fourth-order valence-electron chi connectivity index (χ4n) is 2.54. The largest absolute Gasteiger partial charge is 0.487 e. The molecule has 3 nitrogen and oxygen atoms in total. The quantitative estimate of drug-likeness (QED) is 0.853. The van der Waals surface area contributed by atoms with Crippen molar-refractivity contribution >= 4 is 11.6 Å². The molecule has 0 spiro atoms. The Labute approximate surface area is 118 Å². The predicted octanol–water partition coefficient (Wildman–Crippen LogP) is 3.76. The highest BCUT2D eigenvalue weighted by Gasteiger charge is 2.19. The van der Waals surface area contributed by atoms with E-state index in [0.717, 1.165) is 24.4 Å². The monoisotopic (exact) mass is 276 g/mol. The first-order chi connectivity index (χ1) is 9.24. The summed E-state index contributed by atoms with van der Waals surface area (Å²) in [4.78, 5) is 4.43. The van der Waals surface area contributed by atoms with E-state index in [4.69, 9.17) is 16.3 Å². The lowest BCUT2D eigenvalue weighted by Crippen LogP contribution is -2.11. The lowest BCUT2D eigenvalue weighted by atomic mass is 10.1. The lowest BCUT2D eigenvalue weighted by Gasteiger charge is -2.15. The van der Waals surface area contributed by atoms with E-state index in [1.165, 1.54) is 24.1 Å². The van der Waals surface area contributed by atoms with Gasteiger partial charge in [0.2, 0.25) is 5.28 Å². The molecule has 1 aliphatic heterocycles. The highest BCUT2D eigenvalue weighted by atomic mass is 35.5. The van der Waals surface area contributed by atoms with Crippen molar-refractivity contribution in [2.24, 2.45) is 0 Å². The smallest absolute Gasteiger partial charge is 0.203 e. The van der Waals surface area contributed by atoms with Gasteiger partial charge >= 0.3 is 0 Å². The number of fused-ring (bicyclic) bond motifs is 1. The van der Waals surface area contributed by atoms with Crippen molar-refractivity contribution in [3.05, 3.63) is 46.5 Å². The van der Waals surface area contributed by atoms with E-state index in [2.05, 4.69) is 22.5 Å². The van der Waals surface area contributed by atoms with E-state index >= 15 is 0 Å². The minimum Gasteiger partial charge on any atom is -0.487 e. The zero-order chi connectivity index (χ0) is 13.2. The normalized spacial score (nSPS) is 14.2. The van der Waals surface area contributed by atoms with Gasteiger partial charge in [-0.15, -0.1) is 0 Å². The fraction of sp³-hybridized carbons (Fsp3) is 0.400. The van der Waals surface area contributed by atoms with Crippen LogP contribution in [0.3, 0.4) is 0 Å². The molecule has 1 aliphatic rings. The first-order valence-electron chi connectivity index (χ1n) is 6.67. The third-order valence-electron chi connectivity index (χ3n) is 3.52. The minimum absolute atomic E-state index is 0.492. The van der Waals surface area contributed by atoms with Crippen LogP contribution in [0.25, 0.3) is 0 Å². The number of benzene rings is 1. The molecule has 1 aromatic carbocycles. The van der Waals surface area contributed by atoms with Crippen molar-refractivity contribution < 1.29 is 4.74 Å². The predicted molar refractivity (Wildman–Crippen MR) is 75.7 cm³/mol. The number of nitrogens with zero attached hydrogens (tertiary/aromatic N) is 2. The van der Waals surface area contributed by atoms with Gasteiger partial charge < -0.3 is 9.30 Å². The first kappa shape index (κ1) is 12.5. The molecule has 0 radical (unpaired) electrons. The number of halogens is 1. The Bertz CT molecular complexity index is 592. The summed E-state index contributed by atoms with van der Waals surface area (Å²) >= 11 is 6.17. The molecule has 3 rings (SSSR count). The second-order valence-corrected chi connectivity index (χ2v) is 5.33. The highest BCUT2D eigenvalue weighted by Crippen LogP contribution is 2.24. The summed E-state index contributed by atoms with van der Waals surface area (Å²) in [5.41, 5.74) is 3.41. The van der Waals surface area contributed by atoms with Gasteiger partial charge in [-0.25, -0.2) is 4.98 Å². The highest BCUT2D eigenvalue weighted by molar-refractivity contribution is 6.28. The van der Waals surface area contributed by atoms with Crippen LogP contribution in [0.5, 0.6) is 5.75 Å². The summed E-state index contributed by atoms with van der Waals surface area (Å²) in [6, 6.07) is 8.06. The average molecular weight is 277 g/mol. The summed E-state index contributed by atoms with van der Waals surface area (Å²) in [6.07, 6.45) is 3.44. The van der Waals surface area contributed by atoms with Crippen LogP contribution in [0.15, 0.2) is 24.3 Å². The Morgan fingerprint density at radius 1 is 1.37 bits per heavy atom. The van der Waals surface area contributed by atoms with Crippen molar-refractivity contribution in [1.82, 2.24) is 9.55 Å². The van der Waals surface area contributed by atoms with Crippen LogP contribution in [0.4, 0.5) is 0 Å². The molecule has 0 atom stereocenters. The number of aromatic nitrogens is 2. The molecule has 0 saturated carbocycles. The molecule has 0 unspecified atom stereocenters. The minimum atomic E-state index is 0.492. The lowest BCUT2D eigenvalue weighted by molar-refractivity contribution is 0.299. The standard InChI is InChI=1S/C15H17ClN2O/c1-11-5-4-6-12(9-11)19-10-13-14-7-2-3-8-18(14)15(16)17-13/h4-6,9H,2-3,7-8,10H2,1H3. The van der Waals surface area contributed by atoms with Gasteiger partial charge in [-0.2, -0.15) is 0 Å². The Kier molecular flexibility index (Phi) is 3.47. The number of aryl methyl sites for hydroxylation is 1. The van der Waals surface area contributed by atoms with Gasteiger partial charge in [0, 0.05) is 12.2 Å². The van der Waals surface area contributed by atoms with Crippen molar-refractivity contribution in [3.63, 3.8) is 0 Å². The molecule has 19 heavy (non-hydrogen) atoms. The van der Waals surface area contributed by atoms with Crippen LogP contribution >= 0.6 is 11.6 Å². The van der Waals surface area contributed by atoms with Crippen molar-refractivity contribution in [3.8, 4) is 5.75 Å². The van der Waals surface area contributed by atoms with Gasteiger partial charge in [0.15, 0.2) is 0 Å². The molecule has 0 saturated heterocycles. The van der Waals surface area contributed by atoms with E-state index in [-0.39, 0.29) is 0 Å². The second-order valence-electron chi connectivity index (χ2n) is 4.99. The van der Waals surface area contributed by atoms with Crippen molar-refractivity contribution in [2.45, 2.75) is 39.3 Å². The molecule has 0 amide bonds. The van der Waals surface area contributed by atoms with Crippen LogP contribution in [-0.2, 0) is 19.6 Å². The number of hydrogen-bond acceptors (Lipinski definition) is 2. The maximum absolute atomic E-state index is 6.17. The SMILES string of the molecule is Cc1cccc(OCc2nc(Cl)n3c2CCCC3)c1. The molecule has 2 heterocycles. The third-order valence-corrected chi connectivity index (χ3v) is 3.81. The number of ether oxygens (including phenoxy) is 1. The van der Waals surface area contributed by atoms with E-state index in [1.54, 1.807) is 0 Å². The van der Waals surface area contributed by atoms with Gasteiger partial charge in [0.05, 0.1) is 0 Å². The number of rotatable bonds is 3. The molecule has 4 heteroatoms. The zero-order valence-electron chi connectivity index (χ0n) is 11.0. The third kappa shape index (κ3) is 2.61. The van der Waals surface area contributed by atoms with Gasteiger partial charge in [-0.05, 0) is 55.5 Å². The topological polar surface area (TPSA) is 27.1 Å². The molecule has 0 bridgehead atoms. The van der Waals surface area contributed by atoms with Crippen LogP contribution in [0, 0.1) is 6.92 Å². The molecule has 0 N–H and O–H groups in total. The maximum atomic E-state index is 6.17.